The van der Waals surface area contributed by atoms with Gasteiger partial charge in [0.1, 0.15) is 0 Å². The van der Waals surface area contributed by atoms with Gasteiger partial charge in [-0.15, -0.1) is 23.7 Å². The number of nitrogens with zero attached hydrogens (tertiary/aromatic N) is 1. The summed E-state index contributed by atoms with van der Waals surface area (Å²) >= 11 is 7.73. The van der Waals surface area contributed by atoms with Crippen LogP contribution in [0.15, 0.2) is 41.8 Å². The zero-order valence-corrected chi connectivity index (χ0v) is 13.0. The number of hydrogen-bond donors (Lipinski definition) is 1. The maximum atomic E-state index is 6.15. The second-order valence-corrected chi connectivity index (χ2v) is 5.72. The van der Waals surface area contributed by atoms with E-state index in [4.69, 9.17) is 17.3 Å². The molecule has 0 unspecified atom stereocenters. The molecule has 1 aromatic carbocycles. The zero-order chi connectivity index (χ0) is 12.8. The Hall–Kier alpha value is -0.580. The normalized spacial score (nSPS) is 10.5. The fourth-order valence-electron chi connectivity index (χ4n) is 1.91. The predicted molar refractivity (Wildman–Crippen MR) is 86.2 cm³/mol. The van der Waals surface area contributed by atoms with Crippen LogP contribution in [0.2, 0.25) is 4.34 Å². The summed E-state index contributed by atoms with van der Waals surface area (Å²) in [6.07, 6.45) is 0. The van der Waals surface area contributed by atoms with E-state index >= 15 is 0 Å². The largest absolute Gasteiger partial charge is 0.329 e. The van der Waals surface area contributed by atoms with Gasteiger partial charge in [0.2, 0.25) is 0 Å². The van der Waals surface area contributed by atoms with Crippen LogP contribution in [0.4, 0.5) is 0 Å². The molecule has 1 heterocycles. The van der Waals surface area contributed by atoms with Crippen molar-refractivity contribution in [2.75, 3.05) is 13.1 Å². The molecule has 5 heteroatoms. The molecule has 2 N–H and O–H groups in total. The minimum atomic E-state index is 0. The maximum Gasteiger partial charge on any atom is 0.0973 e. The van der Waals surface area contributed by atoms with Crippen LogP contribution in [-0.2, 0) is 13.1 Å². The second-order valence-electron chi connectivity index (χ2n) is 4.20. The highest BCUT2D eigenvalue weighted by Gasteiger charge is 2.09. The Morgan fingerprint density at radius 3 is 2.42 bits per heavy atom. The fraction of sp³-hybridized carbons (Fsp3) is 0.286. The van der Waals surface area contributed by atoms with Crippen molar-refractivity contribution in [3.05, 3.63) is 57.2 Å². The van der Waals surface area contributed by atoms with Crippen molar-refractivity contribution in [1.82, 2.24) is 4.90 Å². The van der Waals surface area contributed by atoms with Crippen LogP contribution >= 0.6 is 35.3 Å². The Bertz CT molecular complexity index is 473. The van der Waals surface area contributed by atoms with Crippen LogP contribution in [0, 0.1) is 0 Å². The highest BCUT2D eigenvalue weighted by molar-refractivity contribution is 7.14. The zero-order valence-electron chi connectivity index (χ0n) is 10.6. The van der Waals surface area contributed by atoms with Crippen molar-refractivity contribution in [2.24, 2.45) is 5.73 Å². The van der Waals surface area contributed by atoms with Crippen LogP contribution in [0.25, 0.3) is 0 Å². The maximum absolute atomic E-state index is 6.15. The average molecular weight is 317 g/mol. The highest BCUT2D eigenvalue weighted by Crippen LogP contribution is 2.24. The van der Waals surface area contributed by atoms with Gasteiger partial charge in [-0.05, 0) is 22.6 Å². The van der Waals surface area contributed by atoms with E-state index < -0.39 is 0 Å². The first-order valence-electron chi connectivity index (χ1n) is 5.98. The van der Waals surface area contributed by atoms with Crippen molar-refractivity contribution in [3.63, 3.8) is 0 Å². The Morgan fingerprint density at radius 1 is 1.11 bits per heavy atom. The molecule has 0 aliphatic heterocycles. The molecule has 0 saturated carbocycles. The summed E-state index contributed by atoms with van der Waals surface area (Å²) in [6, 6.07) is 12.5. The molecule has 0 saturated heterocycles. The van der Waals surface area contributed by atoms with Crippen LogP contribution in [-0.4, -0.2) is 18.0 Å². The molecule has 0 radical (unpaired) electrons. The van der Waals surface area contributed by atoms with Gasteiger partial charge in [-0.2, -0.15) is 0 Å². The van der Waals surface area contributed by atoms with Gasteiger partial charge < -0.3 is 5.73 Å². The molecule has 0 aliphatic carbocycles. The first kappa shape index (κ1) is 16.5. The van der Waals surface area contributed by atoms with E-state index in [1.807, 2.05) is 11.4 Å². The minimum absolute atomic E-state index is 0. The first-order valence-corrected chi connectivity index (χ1v) is 7.23. The van der Waals surface area contributed by atoms with E-state index in [0.717, 1.165) is 24.0 Å². The molecule has 0 fully saturated rings. The van der Waals surface area contributed by atoms with Crippen LogP contribution in [0.1, 0.15) is 11.1 Å². The third-order valence-electron chi connectivity index (χ3n) is 2.78. The number of nitrogens with two attached hydrogens (primary N) is 1. The molecule has 2 aromatic rings. The molecular formula is C14H18Cl2N2S. The smallest absolute Gasteiger partial charge is 0.0973 e. The monoisotopic (exact) mass is 316 g/mol. The van der Waals surface area contributed by atoms with Gasteiger partial charge in [0.15, 0.2) is 0 Å². The molecule has 1 aromatic heterocycles. The molecule has 0 spiro atoms. The number of hydrogen-bond acceptors (Lipinski definition) is 3. The number of rotatable bonds is 6. The molecule has 2 nitrogen and oxygen atoms in total. The summed E-state index contributed by atoms with van der Waals surface area (Å²) in [5, 5.41) is 2.03. The van der Waals surface area contributed by atoms with E-state index in [0.29, 0.717) is 6.54 Å². The van der Waals surface area contributed by atoms with Crippen molar-refractivity contribution in [2.45, 2.75) is 13.1 Å². The average Bonchev–Trinajstić information content (AvgIpc) is 2.77. The lowest BCUT2D eigenvalue weighted by atomic mass is 10.2. The third kappa shape index (κ3) is 5.13. The van der Waals surface area contributed by atoms with E-state index in [-0.39, 0.29) is 12.4 Å². The number of halogens is 2. The Balaban J connectivity index is 0.00000180. The van der Waals surface area contributed by atoms with Crippen LogP contribution < -0.4 is 5.73 Å². The molecule has 0 aliphatic rings. The van der Waals surface area contributed by atoms with Gasteiger partial charge in [-0.3, -0.25) is 4.90 Å². The highest BCUT2D eigenvalue weighted by atomic mass is 35.5. The Labute approximate surface area is 129 Å². The summed E-state index contributed by atoms with van der Waals surface area (Å²) in [5.41, 5.74) is 8.17. The molecular weight excluding hydrogens is 299 g/mol. The quantitative estimate of drug-likeness (QED) is 0.878. The van der Waals surface area contributed by atoms with E-state index in [1.165, 1.54) is 11.1 Å². The molecule has 0 atom stereocenters. The molecule has 19 heavy (non-hydrogen) atoms. The van der Waals surface area contributed by atoms with Gasteiger partial charge in [0, 0.05) is 26.2 Å². The third-order valence-corrected chi connectivity index (χ3v) is 4.03. The topological polar surface area (TPSA) is 29.3 Å². The number of benzene rings is 1. The Morgan fingerprint density at radius 2 is 1.84 bits per heavy atom. The standard InChI is InChI=1S/C14H17ClN2S.ClH/c15-14-13(6-9-18-14)11-17(8-7-16)10-12-4-2-1-3-5-12;/h1-6,9H,7-8,10-11,16H2;1H. The predicted octanol–water partition coefficient (Wildman–Crippen LogP) is 3.78. The first-order chi connectivity index (χ1) is 8.79. The summed E-state index contributed by atoms with van der Waals surface area (Å²) in [5.74, 6) is 0. The molecule has 2 rings (SSSR count). The lowest BCUT2D eigenvalue weighted by Gasteiger charge is -2.21. The second kappa shape index (κ2) is 8.56. The molecule has 0 bridgehead atoms. The van der Waals surface area contributed by atoms with Crippen LogP contribution in [0.3, 0.4) is 0 Å². The Kier molecular flexibility index (Phi) is 7.42. The summed E-state index contributed by atoms with van der Waals surface area (Å²) in [4.78, 5) is 2.32. The van der Waals surface area contributed by atoms with Gasteiger partial charge in [0.05, 0.1) is 4.34 Å². The van der Waals surface area contributed by atoms with E-state index in [2.05, 4.69) is 35.2 Å². The van der Waals surface area contributed by atoms with E-state index in [9.17, 15) is 0 Å². The van der Waals surface area contributed by atoms with Gasteiger partial charge in [0.25, 0.3) is 0 Å². The summed E-state index contributed by atoms with van der Waals surface area (Å²) < 4.78 is 0.880. The van der Waals surface area contributed by atoms with Crippen molar-refractivity contribution in [3.8, 4) is 0 Å². The van der Waals surface area contributed by atoms with Crippen LogP contribution in [0.5, 0.6) is 0 Å². The lowest BCUT2D eigenvalue weighted by molar-refractivity contribution is 0.265. The summed E-state index contributed by atoms with van der Waals surface area (Å²) in [6.45, 7) is 3.30. The van der Waals surface area contributed by atoms with E-state index in [1.54, 1.807) is 11.3 Å². The molecule has 104 valence electrons. The van der Waals surface area contributed by atoms with Crippen molar-refractivity contribution >= 4 is 35.3 Å². The van der Waals surface area contributed by atoms with Gasteiger partial charge in [-0.25, -0.2) is 0 Å². The van der Waals surface area contributed by atoms with Crippen molar-refractivity contribution < 1.29 is 0 Å². The number of thiophene rings is 1. The van der Waals surface area contributed by atoms with Crippen molar-refractivity contribution in [1.29, 1.82) is 0 Å². The minimum Gasteiger partial charge on any atom is -0.329 e. The molecule has 0 amide bonds. The van der Waals surface area contributed by atoms with Gasteiger partial charge >= 0.3 is 0 Å². The fourth-order valence-corrected chi connectivity index (χ4v) is 2.82. The SMILES string of the molecule is Cl.NCCN(Cc1ccccc1)Cc1ccsc1Cl. The lowest BCUT2D eigenvalue weighted by Crippen LogP contribution is -2.28. The summed E-state index contributed by atoms with van der Waals surface area (Å²) in [7, 11) is 0. The van der Waals surface area contributed by atoms with Gasteiger partial charge in [-0.1, -0.05) is 41.9 Å².